The van der Waals surface area contributed by atoms with Gasteiger partial charge in [0.05, 0.1) is 12.1 Å². The number of rotatable bonds is 7. The molecule has 144 valence electrons. The van der Waals surface area contributed by atoms with Crippen LogP contribution in [0.2, 0.25) is 0 Å². The Morgan fingerprint density at radius 3 is 2.50 bits per heavy atom. The Bertz CT molecular complexity index is 882. The smallest absolute Gasteiger partial charge is 0.224 e. The molecule has 2 heterocycles. The van der Waals surface area contributed by atoms with Crippen LogP contribution in [-0.4, -0.2) is 33.8 Å². The summed E-state index contributed by atoms with van der Waals surface area (Å²) in [7, 11) is 0. The van der Waals surface area contributed by atoms with Gasteiger partial charge in [-0.3, -0.25) is 4.79 Å². The predicted molar refractivity (Wildman–Crippen MR) is 108 cm³/mol. The molecule has 0 radical (unpaired) electrons. The third-order valence-electron chi connectivity index (χ3n) is 5.18. The van der Waals surface area contributed by atoms with Crippen LogP contribution in [0.3, 0.4) is 0 Å². The normalized spacial score (nSPS) is 16.2. The SMILES string of the molecule is O=C(Cc1ccc(CC2CCNC2)cc1)NCc1ccc(-n2cncn2)cc1. The van der Waals surface area contributed by atoms with Crippen molar-refractivity contribution in [3.05, 3.63) is 77.9 Å². The summed E-state index contributed by atoms with van der Waals surface area (Å²) < 4.78 is 1.70. The van der Waals surface area contributed by atoms with E-state index in [1.807, 2.05) is 24.3 Å². The highest BCUT2D eigenvalue weighted by molar-refractivity contribution is 5.78. The van der Waals surface area contributed by atoms with Crippen LogP contribution < -0.4 is 10.6 Å². The average Bonchev–Trinajstić information content (AvgIpc) is 3.43. The van der Waals surface area contributed by atoms with Crippen molar-refractivity contribution in [1.29, 1.82) is 0 Å². The van der Waals surface area contributed by atoms with E-state index < -0.39 is 0 Å². The molecule has 6 nitrogen and oxygen atoms in total. The first-order valence-electron chi connectivity index (χ1n) is 9.75. The standard InChI is InChI=1S/C22H25N5O/c28-22(12-18-3-1-17(2-4-18)11-20-9-10-23-13-20)25-14-19-5-7-21(8-6-19)27-16-24-15-26-27/h1-8,15-16,20,23H,9-14H2,(H,25,28). The van der Waals surface area contributed by atoms with Gasteiger partial charge in [0, 0.05) is 6.54 Å². The van der Waals surface area contributed by atoms with Crippen LogP contribution in [0, 0.1) is 5.92 Å². The van der Waals surface area contributed by atoms with Crippen molar-refractivity contribution in [3.8, 4) is 5.69 Å². The monoisotopic (exact) mass is 375 g/mol. The molecule has 6 heteroatoms. The fourth-order valence-electron chi connectivity index (χ4n) is 3.57. The zero-order valence-corrected chi connectivity index (χ0v) is 15.8. The fourth-order valence-corrected chi connectivity index (χ4v) is 3.57. The lowest BCUT2D eigenvalue weighted by atomic mass is 9.97. The first-order valence-corrected chi connectivity index (χ1v) is 9.75. The molecule has 0 bridgehead atoms. The van der Waals surface area contributed by atoms with E-state index in [4.69, 9.17) is 0 Å². The Morgan fingerprint density at radius 2 is 1.82 bits per heavy atom. The van der Waals surface area contributed by atoms with Gasteiger partial charge in [-0.2, -0.15) is 5.10 Å². The van der Waals surface area contributed by atoms with Crippen molar-refractivity contribution < 1.29 is 4.79 Å². The second-order valence-electron chi connectivity index (χ2n) is 7.34. The van der Waals surface area contributed by atoms with Gasteiger partial charge in [0.2, 0.25) is 5.91 Å². The molecule has 1 atom stereocenters. The fraction of sp³-hybridized carbons (Fsp3) is 0.318. The van der Waals surface area contributed by atoms with Gasteiger partial charge in [-0.25, -0.2) is 9.67 Å². The molecule has 1 aliphatic rings. The summed E-state index contributed by atoms with van der Waals surface area (Å²) >= 11 is 0. The minimum Gasteiger partial charge on any atom is -0.352 e. The molecular weight excluding hydrogens is 350 g/mol. The summed E-state index contributed by atoms with van der Waals surface area (Å²) in [5, 5.41) is 10.5. The molecule has 3 aromatic rings. The Labute approximate surface area is 165 Å². The van der Waals surface area contributed by atoms with Gasteiger partial charge in [0.25, 0.3) is 0 Å². The molecule has 4 rings (SSSR count). The van der Waals surface area contributed by atoms with Crippen molar-refractivity contribution in [1.82, 2.24) is 25.4 Å². The Kier molecular flexibility index (Phi) is 5.77. The van der Waals surface area contributed by atoms with Crippen molar-refractivity contribution in [3.63, 3.8) is 0 Å². The molecule has 1 amide bonds. The molecule has 28 heavy (non-hydrogen) atoms. The van der Waals surface area contributed by atoms with E-state index in [1.165, 1.54) is 18.3 Å². The molecular formula is C22H25N5O. The van der Waals surface area contributed by atoms with Crippen LogP contribution in [0.1, 0.15) is 23.1 Å². The van der Waals surface area contributed by atoms with Crippen LogP contribution in [0.15, 0.2) is 61.2 Å². The van der Waals surface area contributed by atoms with Crippen LogP contribution in [-0.2, 0) is 24.2 Å². The van der Waals surface area contributed by atoms with Crippen molar-refractivity contribution in [2.24, 2.45) is 5.92 Å². The first-order chi connectivity index (χ1) is 13.8. The highest BCUT2D eigenvalue weighted by atomic mass is 16.1. The maximum absolute atomic E-state index is 12.3. The molecule has 1 aliphatic heterocycles. The molecule has 1 saturated heterocycles. The topological polar surface area (TPSA) is 71.8 Å². The van der Waals surface area contributed by atoms with Gasteiger partial charge < -0.3 is 10.6 Å². The Morgan fingerprint density at radius 1 is 1.07 bits per heavy atom. The van der Waals surface area contributed by atoms with Crippen LogP contribution >= 0.6 is 0 Å². The maximum Gasteiger partial charge on any atom is 0.224 e. The molecule has 1 aromatic heterocycles. The summed E-state index contributed by atoms with van der Waals surface area (Å²) in [4.78, 5) is 16.2. The van der Waals surface area contributed by atoms with E-state index in [9.17, 15) is 4.79 Å². The molecule has 1 fully saturated rings. The highest BCUT2D eigenvalue weighted by Crippen LogP contribution is 2.16. The van der Waals surface area contributed by atoms with E-state index in [2.05, 4.69) is 45.0 Å². The maximum atomic E-state index is 12.3. The summed E-state index contributed by atoms with van der Waals surface area (Å²) in [5.74, 6) is 0.776. The number of aromatic nitrogens is 3. The number of benzene rings is 2. The summed E-state index contributed by atoms with van der Waals surface area (Å²) in [5.41, 5.74) is 4.40. The van der Waals surface area contributed by atoms with Gasteiger partial charge in [0.1, 0.15) is 12.7 Å². The summed E-state index contributed by atoms with van der Waals surface area (Å²) in [6, 6.07) is 16.4. The lowest BCUT2D eigenvalue weighted by Crippen LogP contribution is -2.24. The van der Waals surface area contributed by atoms with E-state index >= 15 is 0 Å². The van der Waals surface area contributed by atoms with E-state index in [0.717, 1.165) is 42.2 Å². The van der Waals surface area contributed by atoms with Crippen LogP contribution in [0.5, 0.6) is 0 Å². The van der Waals surface area contributed by atoms with Crippen molar-refractivity contribution in [2.45, 2.75) is 25.8 Å². The number of hydrogen-bond donors (Lipinski definition) is 2. The second-order valence-corrected chi connectivity index (χ2v) is 7.34. The quantitative estimate of drug-likeness (QED) is 0.665. The Balaban J connectivity index is 1.25. The molecule has 1 unspecified atom stereocenters. The first kappa shape index (κ1) is 18.4. The number of nitrogens with one attached hydrogen (secondary N) is 2. The lowest BCUT2D eigenvalue weighted by molar-refractivity contribution is -0.120. The van der Waals surface area contributed by atoms with Crippen LogP contribution in [0.25, 0.3) is 5.69 Å². The third kappa shape index (κ3) is 4.84. The zero-order chi connectivity index (χ0) is 19.2. The minimum atomic E-state index is 0.0353. The third-order valence-corrected chi connectivity index (χ3v) is 5.18. The van der Waals surface area contributed by atoms with E-state index in [-0.39, 0.29) is 5.91 Å². The average molecular weight is 375 g/mol. The van der Waals surface area contributed by atoms with Crippen molar-refractivity contribution >= 4 is 5.91 Å². The van der Waals surface area contributed by atoms with E-state index in [1.54, 1.807) is 11.0 Å². The molecule has 2 N–H and O–H groups in total. The molecule has 0 aliphatic carbocycles. The largest absolute Gasteiger partial charge is 0.352 e. The molecule has 0 spiro atoms. The number of hydrogen-bond acceptors (Lipinski definition) is 4. The summed E-state index contributed by atoms with van der Waals surface area (Å²) in [6.07, 6.45) is 5.94. The van der Waals surface area contributed by atoms with Gasteiger partial charge in [0.15, 0.2) is 0 Å². The van der Waals surface area contributed by atoms with Gasteiger partial charge in [-0.15, -0.1) is 0 Å². The lowest BCUT2D eigenvalue weighted by Gasteiger charge is -2.09. The minimum absolute atomic E-state index is 0.0353. The highest BCUT2D eigenvalue weighted by Gasteiger charge is 2.14. The number of amides is 1. The molecule has 2 aromatic carbocycles. The summed E-state index contributed by atoms with van der Waals surface area (Å²) in [6.45, 7) is 2.76. The van der Waals surface area contributed by atoms with Crippen molar-refractivity contribution in [2.75, 3.05) is 13.1 Å². The van der Waals surface area contributed by atoms with Gasteiger partial charge in [-0.05, 0) is 60.7 Å². The van der Waals surface area contributed by atoms with Crippen LogP contribution in [0.4, 0.5) is 0 Å². The Hall–Kier alpha value is -2.99. The predicted octanol–water partition coefficient (Wildman–Crippen LogP) is 2.28. The zero-order valence-electron chi connectivity index (χ0n) is 15.8. The number of carbonyl (C=O) groups excluding carboxylic acids is 1. The second kappa shape index (κ2) is 8.80. The number of nitrogens with zero attached hydrogens (tertiary/aromatic N) is 3. The molecule has 0 saturated carbocycles. The van der Waals surface area contributed by atoms with Gasteiger partial charge in [-0.1, -0.05) is 36.4 Å². The van der Waals surface area contributed by atoms with Gasteiger partial charge >= 0.3 is 0 Å². The van der Waals surface area contributed by atoms with E-state index in [0.29, 0.717) is 13.0 Å². The number of carbonyl (C=O) groups is 1.